The van der Waals surface area contributed by atoms with Crippen LogP contribution in [0.2, 0.25) is 0 Å². The number of nitrogens with zero attached hydrogens (tertiary/aromatic N) is 2. The third kappa shape index (κ3) is 8.46. The van der Waals surface area contributed by atoms with Gasteiger partial charge in [0.2, 0.25) is 10.0 Å². The summed E-state index contributed by atoms with van der Waals surface area (Å²) >= 11 is 0. The minimum absolute atomic E-state index is 0.0161. The van der Waals surface area contributed by atoms with Crippen LogP contribution in [-0.2, 0) is 32.5 Å². The highest BCUT2D eigenvalue weighted by atomic mass is 32.2. The summed E-state index contributed by atoms with van der Waals surface area (Å²) in [6.45, 7) is 0.686. The maximum absolute atomic E-state index is 14.1. The number of sulfone groups is 1. The molecule has 0 aromatic heterocycles. The fourth-order valence-corrected chi connectivity index (χ4v) is 8.75. The molecule has 0 N–H and O–H groups in total. The molecule has 1 fully saturated rings. The van der Waals surface area contributed by atoms with Crippen LogP contribution in [0.1, 0.15) is 34.3 Å². The van der Waals surface area contributed by atoms with E-state index < -0.39 is 37.6 Å². The predicted octanol–water partition coefficient (Wildman–Crippen LogP) is 7.98. The predicted molar refractivity (Wildman–Crippen MR) is 195 cm³/mol. The SMILES string of the molecule is CS(=O)(=O)c1ccc(S(=O)(=O)N2CCC[C@@H]2CN(CCc2ccc(-c3ccccc3)cc2)C(=O)c2ccc(-c3ccc(C(F)(F)F)cc3)cc2)cc1. The second-order valence-corrected chi connectivity index (χ2v) is 16.8. The standard InChI is InChI=1S/C40H37F3N2O5S2/c1-51(47,48)37-21-23-38(24-22-37)52(49,50)45-26-5-8-36(45)28-44(27-25-29-9-11-31(12-10-29)30-6-3-2-4-7-30)39(46)34-15-13-32(14-16-34)33-17-19-35(20-18-33)40(41,42)43/h2-4,6-7,9-24,36H,5,8,25-28H2,1H3/t36-/m1/s1. The van der Waals surface area contributed by atoms with Gasteiger partial charge in [0.1, 0.15) is 0 Å². The highest BCUT2D eigenvalue weighted by Gasteiger charge is 2.37. The van der Waals surface area contributed by atoms with Crippen molar-refractivity contribution in [2.75, 3.05) is 25.9 Å². The normalized spacial score (nSPS) is 15.4. The minimum Gasteiger partial charge on any atom is -0.337 e. The molecule has 0 saturated carbocycles. The molecule has 7 nitrogen and oxygen atoms in total. The Labute approximate surface area is 302 Å². The number of halogens is 3. The van der Waals surface area contributed by atoms with Crippen LogP contribution in [0.15, 0.2) is 137 Å². The Bertz CT molecular complexity index is 2230. The van der Waals surface area contributed by atoms with Crippen molar-refractivity contribution in [2.45, 2.75) is 41.3 Å². The van der Waals surface area contributed by atoms with Crippen LogP contribution in [0.3, 0.4) is 0 Å². The molecule has 270 valence electrons. The van der Waals surface area contributed by atoms with E-state index in [1.807, 2.05) is 54.6 Å². The zero-order valence-electron chi connectivity index (χ0n) is 28.3. The van der Waals surface area contributed by atoms with Gasteiger partial charge in [0.05, 0.1) is 15.4 Å². The highest BCUT2D eigenvalue weighted by Crippen LogP contribution is 2.32. The molecule has 1 saturated heterocycles. The molecule has 6 rings (SSSR count). The maximum Gasteiger partial charge on any atom is 0.416 e. The van der Waals surface area contributed by atoms with Crippen molar-refractivity contribution in [2.24, 2.45) is 0 Å². The number of hydrogen-bond acceptors (Lipinski definition) is 5. The summed E-state index contributed by atoms with van der Waals surface area (Å²) in [7, 11) is -7.51. The van der Waals surface area contributed by atoms with E-state index in [0.717, 1.165) is 35.1 Å². The summed E-state index contributed by atoms with van der Waals surface area (Å²) in [4.78, 5) is 15.8. The molecule has 1 amide bonds. The first-order valence-electron chi connectivity index (χ1n) is 16.7. The van der Waals surface area contributed by atoms with Crippen LogP contribution < -0.4 is 0 Å². The molecule has 0 unspecified atom stereocenters. The van der Waals surface area contributed by atoms with Gasteiger partial charge in [0.15, 0.2) is 9.84 Å². The lowest BCUT2D eigenvalue weighted by Crippen LogP contribution is -2.45. The van der Waals surface area contributed by atoms with Crippen molar-refractivity contribution >= 4 is 25.8 Å². The number of rotatable bonds is 11. The second kappa shape index (κ2) is 15.1. The van der Waals surface area contributed by atoms with E-state index in [1.54, 1.807) is 29.2 Å². The number of carbonyl (C=O) groups excluding carboxylic acids is 1. The zero-order valence-corrected chi connectivity index (χ0v) is 30.0. The number of carbonyl (C=O) groups is 1. The summed E-state index contributed by atoms with van der Waals surface area (Å²) in [5.74, 6) is -0.304. The van der Waals surface area contributed by atoms with Gasteiger partial charge in [-0.2, -0.15) is 17.5 Å². The Hall–Kier alpha value is -4.78. The number of sulfonamides is 1. The van der Waals surface area contributed by atoms with E-state index in [9.17, 15) is 34.8 Å². The monoisotopic (exact) mass is 746 g/mol. The third-order valence-electron chi connectivity index (χ3n) is 9.31. The summed E-state index contributed by atoms with van der Waals surface area (Å²) in [6, 6.07) is 34.1. The average molecular weight is 747 g/mol. The van der Waals surface area contributed by atoms with E-state index in [4.69, 9.17) is 0 Å². The van der Waals surface area contributed by atoms with Crippen molar-refractivity contribution in [3.05, 3.63) is 144 Å². The zero-order chi connectivity index (χ0) is 37.1. The second-order valence-electron chi connectivity index (χ2n) is 12.9. The summed E-state index contributed by atoms with van der Waals surface area (Å²) in [5, 5.41) is 0. The van der Waals surface area contributed by atoms with E-state index in [1.165, 1.54) is 40.7 Å². The van der Waals surface area contributed by atoms with Gasteiger partial charge < -0.3 is 4.90 Å². The van der Waals surface area contributed by atoms with Crippen LogP contribution in [-0.4, -0.2) is 63.9 Å². The molecular formula is C40H37F3N2O5S2. The Kier molecular flexibility index (Phi) is 10.7. The Morgan fingerprint density at radius 3 is 1.79 bits per heavy atom. The Balaban J connectivity index is 1.24. The molecule has 12 heteroatoms. The fraction of sp³-hybridized carbons (Fsp3) is 0.225. The van der Waals surface area contributed by atoms with E-state index in [-0.39, 0.29) is 28.8 Å². The first-order chi connectivity index (χ1) is 24.7. The van der Waals surface area contributed by atoms with Crippen LogP contribution in [0.5, 0.6) is 0 Å². The molecule has 0 aliphatic carbocycles. The van der Waals surface area contributed by atoms with Gasteiger partial charge >= 0.3 is 6.18 Å². The maximum atomic E-state index is 14.1. The van der Waals surface area contributed by atoms with Crippen LogP contribution in [0.25, 0.3) is 22.3 Å². The molecule has 1 heterocycles. The fourth-order valence-electron chi connectivity index (χ4n) is 6.43. The van der Waals surface area contributed by atoms with Crippen molar-refractivity contribution in [3.8, 4) is 22.3 Å². The molecule has 0 bridgehead atoms. The molecule has 0 radical (unpaired) electrons. The molecule has 1 aliphatic heterocycles. The van der Waals surface area contributed by atoms with E-state index in [0.29, 0.717) is 42.5 Å². The van der Waals surface area contributed by atoms with Gasteiger partial charge in [-0.25, -0.2) is 16.8 Å². The van der Waals surface area contributed by atoms with Crippen LogP contribution in [0, 0.1) is 0 Å². The first-order valence-corrected chi connectivity index (χ1v) is 20.1. The van der Waals surface area contributed by atoms with Gasteiger partial charge in [-0.15, -0.1) is 0 Å². The molecule has 5 aromatic rings. The lowest BCUT2D eigenvalue weighted by molar-refractivity contribution is -0.137. The van der Waals surface area contributed by atoms with Crippen molar-refractivity contribution in [3.63, 3.8) is 0 Å². The van der Waals surface area contributed by atoms with Gasteiger partial charge in [-0.3, -0.25) is 4.79 Å². The molecule has 52 heavy (non-hydrogen) atoms. The first kappa shape index (κ1) is 37.0. The van der Waals surface area contributed by atoms with Gasteiger partial charge in [0.25, 0.3) is 5.91 Å². The van der Waals surface area contributed by atoms with Crippen molar-refractivity contribution in [1.29, 1.82) is 0 Å². The number of hydrogen-bond donors (Lipinski definition) is 0. The lowest BCUT2D eigenvalue weighted by Gasteiger charge is -2.31. The summed E-state index contributed by atoms with van der Waals surface area (Å²) < 4.78 is 92.2. The quantitative estimate of drug-likeness (QED) is 0.137. The molecule has 1 atom stereocenters. The van der Waals surface area contributed by atoms with Gasteiger partial charge in [0, 0.05) is 37.5 Å². The molecule has 5 aromatic carbocycles. The smallest absolute Gasteiger partial charge is 0.337 e. The lowest BCUT2D eigenvalue weighted by atomic mass is 10.0. The van der Waals surface area contributed by atoms with Crippen molar-refractivity contribution < 1.29 is 34.8 Å². The Morgan fingerprint density at radius 2 is 1.23 bits per heavy atom. The van der Waals surface area contributed by atoms with E-state index in [2.05, 4.69) is 0 Å². The third-order valence-corrected chi connectivity index (χ3v) is 12.4. The molecule has 1 aliphatic rings. The van der Waals surface area contributed by atoms with E-state index >= 15 is 0 Å². The summed E-state index contributed by atoms with van der Waals surface area (Å²) in [6.07, 6.45) is -1.76. The minimum atomic E-state index is -4.45. The number of benzene rings is 5. The summed E-state index contributed by atoms with van der Waals surface area (Å²) in [5.41, 5.74) is 3.96. The van der Waals surface area contributed by atoms with Gasteiger partial charge in [-0.1, -0.05) is 78.9 Å². The largest absolute Gasteiger partial charge is 0.416 e. The number of amides is 1. The number of alkyl halides is 3. The van der Waals surface area contributed by atoms with Crippen molar-refractivity contribution in [1.82, 2.24) is 9.21 Å². The topological polar surface area (TPSA) is 91.8 Å². The van der Waals surface area contributed by atoms with Crippen LogP contribution >= 0.6 is 0 Å². The van der Waals surface area contributed by atoms with Crippen LogP contribution in [0.4, 0.5) is 13.2 Å². The average Bonchev–Trinajstić information content (AvgIpc) is 3.62. The highest BCUT2D eigenvalue weighted by molar-refractivity contribution is 7.90. The molecule has 0 spiro atoms. The molecular weight excluding hydrogens is 710 g/mol. The Morgan fingerprint density at radius 1 is 0.712 bits per heavy atom. The van der Waals surface area contributed by atoms with Gasteiger partial charge in [-0.05, 0) is 95.6 Å².